The molecule has 3 rings (SSSR count). The number of rotatable bonds is 13. The second-order valence-electron chi connectivity index (χ2n) is 8.54. The van der Waals surface area contributed by atoms with Crippen molar-refractivity contribution in [3.63, 3.8) is 0 Å². The first-order chi connectivity index (χ1) is 18.4. The fraction of sp³-hybridized carbons (Fsp3) is 0.333. The Morgan fingerprint density at radius 2 is 1.92 bits per heavy atom. The van der Waals surface area contributed by atoms with Gasteiger partial charge in [0.1, 0.15) is 6.54 Å². The summed E-state index contributed by atoms with van der Waals surface area (Å²) < 4.78 is 5.11. The molecule has 0 unspecified atom stereocenters. The largest absolute Gasteiger partial charge is 0.383 e. The van der Waals surface area contributed by atoms with Crippen LogP contribution in [0.25, 0.3) is 0 Å². The molecule has 2 aromatic heterocycles. The molecule has 3 amide bonds. The average molecular weight is 535 g/mol. The van der Waals surface area contributed by atoms with E-state index in [1.807, 2.05) is 25.1 Å². The molecule has 0 spiro atoms. The van der Waals surface area contributed by atoms with E-state index in [1.54, 1.807) is 40.9 Å². The maximum Gasteiger partial charge on any atom is 0.254 e. The lowest BCUT2D eigenvalue weighted by Crippen LogP contribution is -2.40. The maximum absolute atomic E-state index is 13.0. The predicted octanol–water partition coefficient (Wildman–Crippen LogP) is 3.06. The first kappa shape index (κ1) is 28.4. The summed E-state index contributed by atoms with van der Waals surface area (Å²) in [6.07, 6.45) is 3.59. The van der Waals surface area contributed by atoms with E-state index in [0.717, 1.165) is 11.1 Å². The van der Waals surface area contributed by atoms with Gasteiger partial charge in [-0.25, -0.2) is 4.98 Å². The zero-order valence-corrected chi connectivity index (χ0v) is 22.2. The van der Waals surface area contributed by atoms with E-state index in [1.165, 1.54) is 23.3 Å². The third kappa shape index (κ3) is 8.76. The summed E-state index contributed by atoms with van der Waals surface area (Å²) >= 11 is 1.20. The highest BCUT2D eigenvalue weighted by Crippen LogP contribution is 2.17. The van der Waals surface area contributed by atoms with Crippen molar-refractivity contribution in [3.05, 3.63) is 76.6 Å². The van der Waals surface area contributed by atoms with Crippen molar-refractivity contribution >= 4 is 34.2 Å². The summed E-state index contributed by atoms with van der Waals surface area (Å²) in [5.41, 5.74) is 2.89. The van der Waals surface area contributed by atoms with Crippen LogP contribution in [0.2, 0.25) is 0 Å². The molecule has 0 fully saturated rings. The summed E-state index contributed by atoms with van der Waals surface area (Å²) in [6, 6.07) is 12.9. The van der Waals surface area contributed by atoms with Crippen molar-refractivity contribution in [1.29, 1.82) is 5.26 Å². The van der Waals surface area contributed by atoms with Gasteiger partial charge in [-0.2, -0.15) is 5.26 Å². The number of methoxy groups -OCH3 is 1. The molecular weight excluding hydrogens is 504 g/mol. The number of hydrogen-bond acceptors (Lipinski definition) is 8. The number of thiazole rings is 1. The molecule has 0 aliphatic rings. The van der Waals surface area contributed by atoms with Crippen LogP contribution in [0.3, 0.4) is 0 Å². The van der Waals surface area contributed by atoms with Gasteiger partial charge in [-0.15, -0.1) is 11.3 Å². The Morgan fingerprint density at radius 1 is 1.13 bits per heavy atom. The van der Waals surface area contributed by atoms with Crippen LogP contribution in [-0.2, 0) is 27.3 Å². The Hall–Kier alpha value is -4.14. The Labute approximate surface area is 225 Å². The molecule has 198 valence electrons. The van der Waals surface area contributed by atoms with E-state index in [0.29, 0.717) is 29.5 Å². The van der Waals surface area contributed by atoms with E-state index >= 15 is 0 Å². The molecule has 11 heteroatoms. The molecule has 0 aliphatic heterocycles. The van der Waals surface area contributed by atoms with Crippen molar-refractivity contribution in [2.75, 3.05) is 38.7 Å². The Morgan fingerprint density at radius 3 is 2.61 bits per heavy atom. The van der Waals surface area contributed by atoms with Gasteiger partial charge >= 0.3 is 0 Å². The Bertz CT molecular complexity index is 1260. The summed E-state index contributed by atoms with van der Waals surface area (Å²) in [6.45, 7) is 2.94. The number of carbonyl (C=O) groups is 3. The average Bonchev–Trinajstić information content (AvgIpc) is 3.35. The third-order valence-electron chi connectivity index (χ3n) is 5.56. The molecule has 38 heavy (non-hydrogen) atoms. The topological polar surface area (TPSA) is 129 Å². The normalized spacial score (nSPS) is 10.4. The second-order valence-corrected chi connectivity index (χ2v) is 9.40. The van der Waals surface area contributed by atoms with E-state index in [9.17, 15) is 14.4 Å². The Kier molecular flexibility index (Phi) is 10.9. The molecule has 0 atom stereocenters. The summed E-state index contributed by atoms with van der Waals surface area (Å²) in [5.74, 6) is -0.851. The lowest BCUT2D eigenvalue weighted by molar-refractivity contribution is -0.131. The second kappa shape index (κ2) is 14.6. The van der Waals surface area contributed by atoms with Crippen LogP contribution in [0.4, 0.5) is 5.13 Å². The fourth-order valence-electron chi connectivity index (χ4n) is 3.57. The number of aryl methyl sites for hydroxylation is 1. The molecule has 0 saturated carbocycles. The van der Waals surface area contributed by atoms with Gasteiger partial charge in [-0.3, -0.25) is 19.4 Å². The highest BCUT2D eigenvalue weighted by molar-refractivity contribution is 7.13. The van der Waals surface area contributed by atoms with Crippen molar-refractivity contribution in [2.24, 2.45) is 0 Å². The number of nitriles is 1. The van der Waals surface area contributed by atoms with Crippen molar-refractivity contribution in [3.8, 4) is 6.07 Å². The third-order valence-corrected chi connectivity index (χ3v) is 6.36. The van der Waals surface area contributed by atoms with Gasteiger partial charge in [0.25, 0.3) is 5.91 Å². The molecule has 1 aromatic carbocycles. The molecule has 0 radical (unpaired) electrons. The van der Waals surface area contributed by atoms with E-state index in [2.05, 4.69) is 21.4 Å². The highest BCUT2D eigenvalue weighted by Gasteiger charge is 2.20. The van der Waals surface area contributed by atoms with Crippen LogP contribution >= 0.6 is 11.3 Å². The van der Waals surface area contributed by atoms with Crippen molar-refractivity contribution in [1.82, 2.24) is 19.8 Å². The minimum Gasteiger partial charge on any atom is -0.383 e. The number of carbonyl (C=O) groups excluding carboxylic acids is 3. The van der Waals surface area contributed by atoms with E-state index in [4.69, 9.17) is 10.00 Å². The van der Waals surface area contributed by atoms with Crippen molar-refractivity contribution < 1.29 is 19.1 Å². The lowest BCUT2D eigenvalue weighted by Gasteiger charge is -2.22. The van der Waals surface area contributed by atoms with E-state index < -0.39 is 5.91 Å². The number of ether oxygens (including phenoxy) is 1. The number of aromatic nitrogens is 2. The van der Waals surface area contributed by atoms with Gasteiger partial charge in [0, 0.05) is 50.1 Å². The number of nitrogens with one attached hydrogen (secondary N) is 1. The number of nitrogens with zero attached hydrogens (tertiary/aromatic N) is 5. The van der Waals surface area contributed by atoms with Gasteiger partial charge in [0.05, 0.1) is 31.2 Å². The van der Waals surface area contributed by atoms with Gasteiger partial charge in [-0.1, -0.05) is 23.8 Å². The van der Waals surface area contributed by atoms with Crippen LogP contribution < -0.4 is 5.32 Å². The summed E-state index contributed by atoms with van der Waals surface area (Å²) in [5, 5.41) is 13.7. The molecule has 1 N–H and O–H groups in total. The SMILES string of the molecule is COCCN(CC(=O)Nc1nc(CC(=O)N(CCC#N)Cc2cccnc2)cs1)C(=O)c1ccc(C)cc1. The quantitative estimate of drug-likeness (QED) is 0.357. The number of pyridine rings is 1. The first-order valence-corrected chi connectivity index (χ1v) is 12.9. The minimum absolute atomic E-state index is 0.0317. The fourth-order valence-corrected chi connectivity index (χ4v) is 4.29. The van der Waals surface area contributed by atoms with Gasteiger partial charge < -0.3 is 19.9 Å². The molecule has 10 nitrogen and oxygen atoms in total. The van der Waals surface area contributed by atoms with Crippen molar-refractivity contribution in [2.45, 2.75) is 26.3 Å². The lowest BCUT2D eigenvalue weighted by atomic mass is 10.1. The first-order valence-electron chi connectivity index (χ1n) is 12.0. The number of amides is 3. The predicted molar refractivity (Wildman–Crippen MR) is 143 cm³/mol. The summed E-state index contributed by atoms with van der Waals surface area (Å²) in [7, 11) is 1.53. The standard InChI is InChI=1S/C27H30N6O4S/c1-20-6-8-22(9-7-20)26(36)33(13-14-37-2)18-24(34)31-27-30-23(19-38-27)15-25(35)32(12-4-10-28)17-21-5-3-11-29-16-21/h3,5-9,11,16,19H,4,12-15,17-18H2,1-2H3,(H,30,31,34). The minimum atomic E-state index is -0.402. The highest BCUT2D eigenvalue weighted by atomic mass is 32.1. The Balaban J connectivity index is 1.60. The molecule has 2 heterocycles. The number of hydrogen-bond donors (Lipinski definition) is 1. The van der Waals surface area contributed by atoms with Crippen LogP contribution in [0, 0.1) is 18.3 Å². The van der Waals surface area contributed by atoms with Gasteiger partial charge in [0.2, 0.25) is 11.8 Å². The molecule has 0 bridgehead atoms. The molecule has 3 aromatic rings. The maximum atomic E-state index is 13.0. The zero-order valence-electron chi connectivity index (χ0n) is 21.4. The monoisotopic (exact) mass is 534 g/mol. The number of benzene rings is 1. The number of anilines is 1. The molecule has 0 saturated heterocycles. The zero-order chi connectivity index (χ0) is 27.3. The van der Waals surface area contributed by atoms with Crippen LogP contribution in [0.15, 0.2) is 54.2 Å². The van der Waals surface area contributed by atoms with E-state index in [-0.39, 0.29) is 44.4 Å². The molecular formula is C27H30N6O4S. The van der Waals surface area contributed by atoms with Crippen LogP contribution in [-0.4, -0.2) is 70.8 Å². The molecule has 0 aliphatic carbocycles. The van der Waals surface area contributed by atoms with Crippen LogP contribution in [0.1, 0.15) is 33.6 Å². The van der Waals surface area contributed by atoms with Gasteiger partial charge in [0.15, 0.2) is 5.13 Å². The van der Waals surface area contributed by atoms with Crippen LogP contribution in [0.5, 0.6) is 0 Å². The summed E-state index contributed by atoms with van der Waals surface area (Å²) in [4.78, 5) is 50.1. The van der Waals surface area contributed by atoms with Gasteiger partial charge in [-0.05, 0) is 30.7 Å². The smallest absolute Gasteiger partial charge is 0.254 e.